The Morgan fingerprint density at radius 1 is 1.12 bits per heavy atom. The summed E-state index contributed by atoms with van der Waals surface area (Å²) in [5.74, 6) is 0. The van der Waals surface area contributed by atoms with Gasteiger partial charge in [0.05, 0.1) is 7.05 Å². The fraction of sp³-hybridized carbons (Fsp3) is 0.300. The molecule has 0 saturated heterocycles. The summed E-state index contributed by atoms with van der Waals surface area (Å²) in [6.07, 6.45) is 2.15. The van der Waals surface area contributed by atoms with Gasteiger partial charge in [0, 0.05) is 0 Å². The Morgan fingerprint density at radius 3 is 2.06 bits per heavy atom. The van der Waals surface area contributed by atoms with E-state index in [1.165, 1.54) is 5.69 Å². The summed E-state index contributed by atoms with van der Waals surface area (Å²) >= 11 is 0. The Hall–Kier alpha value is -1.53. The Kier molecular flexibility index (Phi) is 4.54. The molecule has 1 heterocycles. The Balaban J connectivity index is 0.000000249. The second-order valence-corrected chi connectivity index (χ2v) is 3.62. The number of halogens is 4. The lowest BCUT2D eigenvalue weighted by Gasteiger charge is -2.04. The lowest BCUT2D eigenvalue weighted by atomic mass is 10.3. The van der Waals surface area contributed by atoms with Crippen molar-refractivity contribution in [2.75, 3.05) is 25.0 Å². The molecule has 1 aromatic carbocycles. The molecular formula is C10H13BF4N2. The molecule has 0 aromatic heterocycles. The van der Waals surface area contributed by atoms with E-state index < -0.39 is 7.25 Å². The van der Waals surface area contributed by atoms with E-state index in [2.05, 4.69) is 47.1 Å². The first kappa shape index (κ1) is 13.5. The SMILES string of the molecule is C[N+]1=CN(c2ccccc2)CC1.F[B-](F)(F)F. The van der Waals surface area contributed by atoms with Gasteiger partial charge in [-0.25, -0.2) is 4.90 Å². The molecular weight excluding hydrogens is 235 g/mol. The van der Waals surface area contributed by atoms with Gasteiger partial charge in [-0.1, -0.05) is 18.2 Å². The molecule has 94 valence electrons. The van der Waals surface area contributed by atoms with Gasteiger partial charge in [0.1, 0.15) is 18.8 Å². The zero-order valence-corrected chi connectivity index (χ0v) is 9.36. The topological polar surface area (TPSA) is 6.25 Å². The van der Waals surface area contributed by atoms with Crippen molar-refractivity contribution >= 4 is 19.3 Å². The number of para-hydroxylation sites is 1. The van der Waals surface area contributed by atoms with Crippen LogP contribution >= 0.6 is 0 Å². The van der Waals surface area contributed by atoms with Gasteiger partial charge in [-0.3, -0.25) is 4.58 Å². The number of nitrogens with zero attached hydrogens (tertiary/aromatic N) is 2. The molecule has 7 heteroatoms. The lowest BCUT2D eigenvalue weighted by molar-refractivity contribution is -0.481. The van der Waals surface area contributed by atoms with Gasteiger partial charge in [0.15, 0.2) is 0 Å². The molecule has 2 nitrogen and oxygen atoms in total. The van der Waals surface area contributed by atoms with Crippen LogP contribution in [-0.4, -0.2) is 38.3 Å². The first-order chi connectivity index (χ1) is 7.86. The molecule has 0 bridgehead atoms. The van der Waals surface area contributed by atoms with Crippen molar-refractivity contribution in [1.29, 1.82) is 0 Å². The van der Waals surface area contributed by atoms with Crippen LogP contribution in [0.25, 0.3) is 0 Å². The lowest BCUT2D eigenvalue weighted by Crippen LogP contribution is -2.17. The van der Waals surface area contributed by atoms with E-state index in [1.54, 1.807) is 0 Å². The Bertz CT molecular complexity index is 372. The minimum Gasteiger partial charge on any atom is -0.418 e. The number of hydrogen-bond donors (Lipinski definition) is 0. The summed E-state index contributed by atoms with van der Waals surface area (Å²) in [5.41, 5.74) is 1.28. The predicted molar refractivity (Wildman–Crippen MR) is 61.1 cm³/mol. The molecule has 0 saturated carbocycles. The van der Waals surface area contributed by atoms with Crippen molar-refractivity contribution in [2.45, 2.75) is 0 Å². The van der Waals surface area contributed by atoms with E-state index in [0.29, 0.717) is 0 Å². The minimum atomic E-state index is -6.00. The van der Waals surface area contributed by atoms with Crippen LogP contribution in [0.1, 0.15) is 0 Å². The molecule has 0 amide bonds. The van der Waals surface area contributed by atoms with Gasteiger partial charge >= 0.3 is 7.25 Å². The van der Waals surface area contributed by atoms with Gasteiger partial charge < -0.3 is 17.3 Å². The summed E-state index contributed by atoms with van der Waals surface area (Å²) in [7, 11) is -3.90. The predicted octanol–water partition coefficient (Wildman–Crippen LogP) is 2.48. The van der Waals surface area contributed by atoms with E-state index in [1.807, 2.05) is 6.07 Å². The zero-order valence-electron chi connectivity index (χ0n) is 9.36. The van der Waals surface area contributed by atoms with E-state index in [-0.39, 0.29) is 0 Å². The first-order valence-corrected chi connectivity index (χ1v) is 5.10. The van der Waals surface area contributed by atoms with E-state index in [4.69, 9.17) is 0 Å². The maximum atomic E-state index is 9.75. The van der Waals surface area contributed by atoms with Crippen LogP contribution in [0.5, 0.6) is 0 Å². The van der Waals surface area contributed by atoms with Crippen molar-refractivity contribution in [3.63, 3.8) is 0 Å². The molecule has 2 rings (SSSR count). The first-order valence-electron chi connectivity index (χ1n) is 5.10. The van der Waals surface area contributed by atoms with Crippen LogP contribution in [0.4, 0.5) is 23.0 Å². The smallest absolute Gasteiger partial charge is 0.418 e. The van der Waals surface area contributed by atoms with Crippen LogP contribution in [0, 0.1) is 0 Å². The molecule has 0 spiro atoms. The molecule has 1 aliphatic rings. The second kappa shape index (κ2) is 5.70. The third kappa shape index (κ3) is 5.94. The third-order valence-corrected chi connectivity index (χ3v) is 2.12. The van der Waals surface area contributed by atoms with Crippen molar-refractivity contribution in [3.8, 4) is 0 Å². The van der Waals surface area contributed by atoms with Gasteiger partial charge in [-0.15, -0.1) is 0 Å². The number of likely N-dealkylation sites (N-methyl/N-ethyl adjacent to an activating group) is 1. The van der Waals surface area contributed by atoms with Crippen molar-refractivity contribution in [3.05, 3.63) is 30.3 Å². The van der Waals surface area contributed by atoms with E-state index in [9.17, 15) is 17.3 Å². The standard InChI is InChI=1S/C10H13N2.BF4/c1-11-7-8-12(9-11)10-5-3-2-4-6-10;2-1(3,4)5/h2-6,9H,7-8H2,1H3;/q+1;-1. The second-order valence-electron chi connectivity index (χ2n) is 3.62. The number of hydrogen-bond acceptors (Lipinski definition) is 1. The molecule has 1 aliphatic heterocycles. The minimum absolute atomic E-state index is 1.10. The number of benzene rings is 1. The summed E-state index contributed by atoms with van der Waals surface area (Å²) < 4.78 is 41.2. The van der Waals surface area contributed by atoms with Gasteiger partial charge in [-0.05, 0) is 12.1 Å². The van der Waals surface area contributed by atoms with Gasteiger partial charge in [0.25, 0.3) is 0 Å². The zero-order chi connectivity index (χ0) is 12.9. The quantitative estimate of drug-likeness (QED) is 0.420. The largest absolute Gasteiger partial charge is 0.673 e. The van der Waals surface area contributed by atoms with Crippen LogP contribution in [0.2, 0.25) is 0 Å². The maximum Gasteiger partial charge on any atom is 0.673 e. The normalized spacial score (nSPS) is 15.1. The van der Waals surface area contributed by atoms with E-state index in [0.717, 1.165) is 13.1 Å². The van der Waals surface area contributed by atoms with Crippen LogP contribution in [0.3, 0.4) is 0 Å². The fourth-order valence-electron chi connectivity index (χ4n) is 1.43. The molecule has 0 unspecified atom stereocenters. The molecule has 0 N–H and O–H groups in total. The monoisotopic (exact) mass is 248 g/mol. The van der Waals surface area contributed by atoms with Crippen molar-refractivity contribution < 1.29 is 21.8 Å². The molecule has 0 fully saturated rings. The van der Waals surface area contributed by atoms with Gasteiger partial charge in [0.2, 0.25) is 6.34 Å². The average Bonchev–Trinajstić information content (AvgIpc) is 2.64. The van der Waals surface area contributed by atoms with Crippen LogP contribution < -0.4 is 4.90 Å². The molecule has 0 aliphatic carbocycles. The number of anilines is 1. The summed E-state index contributed by atoms with van der Waals surface area (Å²) in [6, 6.07) is 10.5. The fourth-order valence-corrected chi connectivity index (χ4v) is 1.43. The van der Waals surface area contributed by atoms with Crippen molar-refractivity contribution in [1.82, 2.24) is 0 Å². The summed E-state index contributed by atoms with van der Waals surface area (Å²) in [5, 5.41) is 0. The number of rotatable bonds is 1. The average molecular weight is 248 g/mol. The molecule has 0 radical (unpaired) electrons. The highest BCUT2D eigenvalue weighted by Gasteiger charge is 2.20. The highest BCUT2D eigenvalue weighted by Crippen LogP contribution is 2.12. The highest BCUT2D eigenvalue weighted by atomic mass is 19.5. The van der Waals surface area contributed by atoms with E-state index >= 15 is 0 Å². The van der Waals surface area contributed by atoms with Crippen molar-refractivity contribution in [2.24, 2.45) is 0 Å². The van der Waals surface area contributed by atoms with Crippen LogP contribution in [-0.2, 0) is 0 Å². The molecule has 17 heavy (non-hydrogen) atoms. The Labute approximate surface area is 97.3 Å². The Morgan fingerprint density at radius 2 is 1.65 bits per heavy atom. The third-order valence-electron chi connectivity index (χ3n) is 2.12. The summed E-state index contributed by atoms with van der Waals surface area (Å²) in [6.45, 7) is 2.22. The molecule has 1 aromatic rings. The van der Waals surface area contributed by atoms with Crippen LogP contribution in [0.15, 0.2) is 30.3 Å². The maximum absolute atomic E-state index is 9.75. The van der Waals surface area contributed by atoms with Gasteiger partial charge in [-0.2, -0.15) is 0 Å². The summed E-state index contributed by atoms with van der Waals surface area (Å²) in [4.78, 5) is 2.26. The highest BCUT2D eigenvalue weighted by molar-refractivity contribution is 6.50. The molecule has 0 atom stereocenters.